The second-order valence-electron chi connectivity index (χ2n) is 3.56. The molecular weight excluding hydrogens is 229 g/mol. The van der Waals surface area contributed by atoms with Crippen molar-refractivity contribution in [2.45, 2.75) is 18.6 Å². The fourth-order valence-electron chi connectivity index (χ4n) is 1.18. The Morgan fingerprint density at radius 2 is 1.88 bits per heavy atom. The molecule has 0 aliphatic carbocycles. The minimum atomic E-state index is -3.55. The van der Waals surface area contributed by atoms with Gasteiger partial charge in [0.1, 0.15) is 0 Å². The average Bonchev–Trinajstić information content (AvgIpc) is 2.17. The predicted molar refractivity (Wildman–Crippen MR) is 61.9 cm³/mol. The van der Waals surface area contributed by atoms with E-state index in [9.17, 15) is 8.42 Å². The van der Waals surface area contributed by atoms with Crippen molar-refractivity contribution in [3.8, 4) is 0 Å². The number of hydrogen-bond donors (Lipinski definition) is 3. The minimum absolute atomic E-state index is 0.176. The van der Waals surface area contributed by atoms with Crippen LogP contribution in [0.1, 0.15) is 12.5 Å². The summed E-state index contributed by atoms with van der Waals surface area (Å²) >= 11 is 0. The standard InChI is InChI=1S/C9H14BNO4S/c1-8(10(12)13)11-16(14,15)7-9-5-3-2-4-6-9/h2-6,8,11-13H,7H2,1H3/t8-/m0/s1. The zero-order chi connectivity index (χ0) is 12.2. The third-order valence-corrected chi connectivity index (χ3v) is 3.46. The van der Waals surface area contributed by atoms with Gasteiger partial charge in [-0.15, -0.1) is 0 Å². The third kappa shape index (κ3) is 4.32. The highest BCUT2D eigenvalue weighted by Crippen LogP contribution is 2.04. The van der Waals surface area contributed by atoms with Crippen molar-refractivity contribution in [3.05, 3.63) is 35.9 Å². The molecule has 0 saturated heterocycles. The molecule has 16 heavy (non-hydrogen) atoms. The quantitative estimate of drug-likeness (QED) is 0.609. The van der Waals surface area contributed by atoms with Gasteiger partial charge in [-0.2, -0.15) is 0 Å². The van der Waals surface area contributed by atoms with Crippen LogP contribution in [0.5, 0.6) is 0 Å². The predicted octanol–water partition coefficient (Wildman–Crippen LogP) is -0.494. The number of nitrogens with one attached hydrogen (secondary N) is 1. The lowest BCUT2D eigenvalue weighted by Gasteiger charge is -2.12. The largest absolute Gasteiger partial charge is 0.470 e. The molecular formula is C9H14BNO4S. The van der Waals surface area contributed by atoms with E-state index in [4.69, 9.17) is 10.0 Å². The molecule has 5 nitrogen and oxygen atoms in total. The van der Waals surface area contributed by atoms with Gasteiger partial charge in [0.05, 0.1) is 11.7 Å². The molecule has 0 aliphatic rings. The van der Waals surface area contributed by atoms with Gasteiger partial charge >= 0.3 is 7.12 Å². The third-order valence-electron chi connectivity index (χ3n) is 2.01. The van der Waals surface area contributed by atoms with E-state index < -0.39 is 23.1 Å². The van der Waals surface area contributed by atoms with Crippen LogP contribution in [-0.2, 0) is 15.8 Å². The van der Waals surface area contributed by atoms with Crippen LogP contribution in [0.15, 0.2) is 30.3 Å². The van der Waals surface area contributed by atoms with Crippen molar-refractivity contribution in [3.63, 3.8) is 0 Å². The van der Waals surface area contributed by atoms with Crippen LogP contribution in [0.3, 0.4) is 0 Å². The molecule has 0 saturated carbocycles. The van der Waals surface area contributed by atoms with Crippen LogP contribution >= 0.6 is 0 Å². The number of hydrogen-bond acceptors (Lipinski definition) is 4. The van der Waals surface area contributed by atoms with Gasteiger partial charge in [0, 0.05) is 0 Å². The molecule has 0 bridgehead atoms. The molecule has 0 fully saturated rings. The van der Waals surface area contributed by atoms with E-state index in [1.165, 1.54) is 6.92 Å². The maximum absolute atomic E-state index is 11.6. The smallest absolute Gasteiger partial charge is 0.426 e. The zero-order valence-electron chi connectivity index (χ0n) is 8.87. The van der Waals surface area contributed by atoms with Crippen molar-refractivity contribution >= 4 is 17.1 Å². The summed E-state index contributed by atoms with van der Waals surface area (Å²) < 4.78 is 25.3. The summed E-state index contributed by atoms with van der Waals surface area (Å²) in [7, 11) is -5.25. The Hall–Kier alpha value is -0.885. The van der Waals surface area contributed by atoms with Crippen LogP contribution in [0, 0.1) is 0 Å². The Morgan fingerprint density at radius 3 is 2.38 bits per heavy atom. The fourth-order valence-corrected chi connectivity index (χ4v) is 2.58. The van der Waals surface area contributed by atoms with Gasteiger partial charge in [-0.1, -0.05) is 37.3 Å². The van der Waals surface area contributed by atoms with Gasteiger partial charge in [0.25, 0.3) is 0 Å². The molecule has 1 atom stereocenters. The van der Waals surface area contributed by atoms with Crippen molar-refractivity contribution in [1.29, 1.82) is 0 Å². The molecule has 3 N–H and O–H groups in total. The van der Waals surface area contributed by atoms with Crippen molar-refractivity contribution in [1.82, 2.24) is 4.72 Å². The Kier molecular flexibility index (Phi) is 4.49. The lowest BCUT2D eigenvalue weighted by Crippen LogP contribution is -2.44. The molecule has 88 valence electrons. The first kappa shape index (κ1) is 13.2. The Labute approximate surface area is 95.3 Å². The first-order valence-corrected chi connectivity index (χ1v) is 6.46. The van der Waals surface area contributed by atoms with Crippen LogP contribution in [0.2, 0.25) is 0 Å². The van der Waals surface area contributed by atoms with E-state index in [-0.39, 0.29) is 5.75 Å². The second kappa shape index (κ2) is 5.45. The molecule has 0 amide bonds. The van der Waals surface area contributed by atoms with E-state index in [2.05, 4.69) is 4.72 Å². The average molecular weight is 243 g/mol. The maximum atomic E-state index is 11.6. The lowest BCUT2D eigenvalue weighted by molar-refractivity contribution is 0.385. The van der Waals surface area contributed by atoms with Crippen molar-refractivity contribution in [2.75, 3.05) is 0 Å². The lowest BCUT2D eigenvalue weighted by atomic mass is 9.82. The molecule has 0 spiro atoms. The van der Waals surface area contributed by atoms with Gasteiger partial charge in [0.15, 0.2) is 0 Å². The monoisotopic (exact) mass is 243 g/mol. The maximum Gasteiger partial charge on any atom is 0.470 e. The number of benzene rings is 1. The van der Waals surface area contributed by atoms with Crippen LogP contribution in [0.25, 0.3) is 0 Å². The van der Waals surface area contributed by atoms with Crippen LogP contribution in [-0.4, -0.2) is 31.5 Å². The van der Waals surface area contributed by atoms with Gasteiger partial charge in [-0.05, 0) is 5.56 Å². The highest BCUT2D eigenvalue weighted by Gasteiger charge is 2.23. The molecule has 0 unspecified atom stereocenters. The zero-order valence-corrected chi connectivity index (χ0v) is 9.68. The van der Waals surface area contributed by atoms with Crippen molar-refractivity contribution < 1.29 is 18.5 Å². The fraction of sp³-hybridized carbons (Fsp3) is 0.333. The first-order valence-electron chi connectivity index (χ1n) is 4.81. The van der Waals surface area contributed by atoms with Gasteiger partial charge in [-0.3, -0.25) is 0 Å². The molecule has 0 aliphatic heterocycles. The Morgan fingerprint density at radius 1 is 1.31 bits per heavy atom. The van der Waals surface area contributed by atoms with E-state index in [1.54, 1.807) is 30.3 Å². The summed E-state index contributed by atoms with van der Waals surface area (Å²) in [5.74, 6) is -1.10. The second-order valence-corrected chi connectivity index (χ2v) is 5.32. The van der Waals surface area contributed by atoms with Gasteiger partial charge in [-0.25, -0.2) is 13.1 Å². The molecule has 1 aromatic carbocycles. The molecule has 0 heterocycles. The highest BCUT2D eigenvalue weighted by atomic mass is 32.2. The summed E-state index contributed by atoms with van der Waals surface area (Å²) in [5, 5.41) is 17.6. The number of sulfonamides is 1. The molecule has 7 heteroatoms. The van der Waals surface area contributed by atoms with Crippen molar-refractivity contribution in [2.24, 2.45) is 0 Å². The summed E-state index contributed by atoms with van der Waals surface area (Å²) in [6.07, 6.45) is 0. The summed E-state index contributed by atoms with van der Waals surface area (Å²) in [6.45, 7) is 1.38. The molecule has 1 rings (SSSR count). The van der Waals surface area contributed by atoms with E-state index >= 15 is 0 Å². The number of rotatable bonds is 5. The molecule has 1 aromatic rings. The minimum Gasteiger partial charge on any atom is -0.426 e. The first-order chi connectivity index (χ1) is 7.41. The summed E-state index contributed by atoms with van der Waals surface area (Å²) in [5.41, 5.74) is 0.648. The van der Waals surface area contributed by atoms with Gasteiger partial charge in [0.2, 0.25) is 10.0 Å². The van der Waals surface area contributed by atoms with E-state index in [1.807, 2.05) is 0 Å². The Balaban J connectivity index is 2.66. The Bertz CT molecular complexity index is 420. The van der Waals surface area contributed by atoms with Crippen LogP contribution in [0.4, 0.5) is 0 Å². The van der Waals surface area contributed by atoms with E-state index in [0.717, 1.165) is 0 Å². The summed E-state index contributed by atoms with van der Waals surface area (Å²) in [6, 6.07) is 8.67. The van der Waals surface area contributed by atoms with Crippen LogP contribution < -0.4 is 4.72 Å². The highest BCUT2D eigenvalue weighted by molar-refractivity contribution is 7.88. The SMILES string of the molecule is C[C@H](NS(=O)(=O)Cc1ccccc1)B(O)O. The molecule has 0 radical (unpaired) electrons. The van der Waals surface area contributed by atoms with E-state index in [0.29, 0.717) is 5.56 Å². The molecule has 0 aromatic heterocycles. The normalized spacial score (nSPS) is 13.4. The summed E-state index contributed by atoms with van der Waals surface area (Å²) in [4.78, 5) is 0. The topological polar surface area (TPSA) is 86.6 Å². The van der Waals surface area contributed by atoms with Gasteiger partial charge < -0.3 is 10.0 Å².